The minimum atomic E-state index is -0.394. The van der Waals surface area contributed by atoms with E-state index < -0.39 is 5.41 Å². The van der Waals surface area contributed by atoms with E-state index in [1.165, 1.54) is 14.7 Å². The van der Waals surface area contributed by atoms with Gasteiger partial charge in [-0.1, -0.05) is 31.2 Å². The second-order valence-electron chi connectivity index (χ2n) is 28.8. The maximum Gasteiger partial charge on any atom is 0.119 e. The first-order valence-corrected chi connectivity index (χ1v) is 31.3. The van der Waals surface area contributed by atoms with Crippen molar-refractivity contribution in [3.8, 4) is 5.75 Å². The lowest BCUT2D eigenvalue weighted by atomic mass is 9.47. The van der Waals surface area contributed by atoms with Crippen molar-refractivity contribution in [2.45, 2.75) is 36.8 Å². The highest BCUT2D eigenvalue weighted by atomic mass is 127. The molecule has 2 nitrogen and oxygen atoms in total. The van der Waals surface area contributed by atoms with E-state index in [4.69, 9.17) is 4.74 Å². The Morgan fingerprint density at radius 2 is 0.605 bits per heavy atom. The van der Waals surface area contributed by atoms with Gasteiger partial charge in [-0.2, -0.15) is 0 Å². The molecule has 0 radical (unpaired) electrons. The topological polar surface area (TPSA) is 12.5 Å². The van der Waals surface area contributed by atoms with Crippen molar-refractivity contribution < 1.29 is 4.74 Å². The molecule has 81 heavy (non-hydrogen) atoms. The fourth-order valence-electron chi connectivity index (χ4n) is 27.3. The van der Waals surface area contributed by atoms with Crippen LogP contribution in [0.15, 0.2) is 48.5 Å². The van der Waals surface area contributed by atoms with Crippen LogP contribution in [0.1, 0.15) is 52.8 Å². The highest BCUT2D eigenvalue weighted by Crippen LogP contribution is 2.87. The van der Waals surface area contributed by atoms with Crippen LogP contribution in [0.5, 0.6) is 5.75 Å². The molecule has 1 fully saturated rings. The van der Waals surface area contributed by atoms with Crippen LogP contribution in [0.25, 0.3) is 291 Å². The van der Waals surface area contributed by atoms with Crippen LogP contribution in [0.3, 0.4) is 0 Å². The molecule has 0 saturated carbocycles. The summed E-state index contributed by atoms with van der Waals surface area (Å²) >= 11 is 2.59. The van der Waals surface area contributed by atoms with E-state index in [2.05, 4.69) is 82.9 Å². The fraction of sp³-hybridized carbons (Fsp3) is 0.103. The largest absolute Gasteiger partial charge is 0.494 e. The molecule has 0 bridgehead atoms. The number of halogens is 1. The summed E-state index contributed by atoms with van der Waals surface area (Å²) in [5, 5.41) is 89.9. The van der Waals surface area contributed by atoms with Crippen molar-refractivity contribution in [3.05, 3.63) is 85.5 Å². The second-order valence-corrected chi connectivity index (χ2v) is 30.1. The molecule has 0 amide bonds. The third-order valence-corrected chi connectivity index (χ3v) is 28.5. The van der Waals surface area contributed by atoms with Gasteiger partial charge < -0.3 is 4.74 Å². The van der Waals surface area contributed by atoms with Gasteiger partial charge in [0.25, 0.3) is 0 Å². The summed E-state index contributed by atoms with van der Waals surface area (Å²) in [4.78, 5) is 3.11. The molecule has 1 heterocycles. The molecule has 1 aliphatic heterocycles. The molecule has 35 rings (SSSR count). The van der Waals surface area contributed by atoms with Crippen LogP contribution in [0, 0.1) is 3.57 Å². The van der Waals surface area contributed by atoms with Gasteiger partial charge >= 0.3 is 0 Å². The van der Waals surface area contributed by atoms with E-state index in [1.807, 2.05) is 0 Å². The average Bonchev–Trinajstić information content (AvgIpc) is 1.40. The number of ether oxygens (including phenoxy) is 1. The van der Waals surface area contributed by atoms with Crippen LogP contribution >= 0.6 is 22.6 Å². The third kappa shape index (κ3) is 2.03. The zero-order valence-corrected chi connectivity index (χ0v) is 44.4. The standard InChI is InChI=1S/C78H20INO/c1-2-11-81-17-9-3-14(4-10-17)12-80-13-77-72-64-56-46-36-28-20-18-19-22-26-24(20)32-40-34(26)44-38-30(22)31-23(19)27-25-21(18)29(28)37-43-33(25)41-35(27)45-39(31)49-48(38)60-54(44)62-52(40)58(50(56)42(32)36)66(72)68(62)74-70(60)71-61(49)55(45)63-53(41)59-51(43)57(47(37)46)65(64)73(77)67(59)69(63)75(71)78(74,77)76(80)15-5-7-16(79)8-6-15/h3-10,76H,2,11-13H2,1H3. The summed E-state index contributed by atoms with van der Waals surface area (Å²) < 4.78 is 7.62. The van der Waals surface area contributed by atoms with Gasteiger partial charge in [0.05, 0.1) is 23.5 Å². The Balaban J connectivity index is 0.996. The Morgan fingerprint density at radius 1 is 0.346 bits per heavy atom. The molecule has 30 aromatic carbocycles. The van der Waals surface area contributed by atoms with E-state index in [1.54, 1.807) is 313 Å². The molecule has 1 saturated heterocycles. The molecule has 30 aromatic rings. The van der Waals surface area contributed by atoms with E-state index >= 15 is 0 Å². The first-order chi connectivity index (χ1) is 40.2. The summed E-state index contributed by atoms with van der Waals surface area (Å²) in [6.45, 7) is 4.84. The smallest absolute Gasteiger partial charge is 0.119 e. The van der Waals surface area contributed by atoms with Gasteiger partial charge in [0.2, 0.25) is 0 Å². The molecule has 1 unspecified atom stereocenters. The number of benzene rings is 20. The molecular formula is C78H20INO. The normalized spacial score (nSPS) is 22.2. The van der Waals surface area contributed by atoms with Crippen molar-refractivity contribution >= 4 is 313 Å². The Bertz CT molecular complexity index is 7740. The fourth-order valence-corrected chi connectivity index (χ4v) is 27.7. The van der Waals surface area contributed by atoms with Crippen molar-refractivity contribution in [1.82, 2.24) is 4.90 Å². The summed E-state index contributed by atoms with van der Waals surface area (Å²) in [7, 11) is 0. The van der Waals surface area contributed by atoms with Crippen LogP contribution in [0.2, 0.25) is 0 Å². The molecule has 0 N–H and O–H groups in total. The summed E-state index contributed by atoms with van der Waals surface area (Å²) in [6, 6.07) is 19.6. The SMILES string of the molecule is CCCOc1ccc(CN2CC34c5c6c7c8c9c%10c(c%11c%12c3c3c5c5c%13c6c6c7c7c9c9c%14c%10c%10c%11c%11c%12c%12c3c3c5c5c%13c%13c6c6c7c9c7c9c%14c%10c%10c%11c%11c%12c3c3c5c5c%13c6c7c6c9c%10c%11c3c56)C84C2c2ccc(I)cc2)cc1. The lowest BCUT2D eigenvalue weighted by Gasteiger charge is -2.52. The van der Waals surface area contributed by atoms with E-state index in [0.29, 0.717) is 0 Å². The third-order valence-electron chi connectivity index (χ3n) is 27.7. The second kappa shape index (κ2) is 8.15. The number of hydrogen-bond acceptors (Lipinski definition) is 2. The molecule has 350 valence electrons. The van der Waals surface area contributed by atoms with Crippen LogP contribution in [0.4, 0.5) is 0 Å². The Kier molecular flexibility index (Phi) is 3.34. The number of likely N-dealkylation sites (tertiary alicyclic amines) is 1. The maximum atomic E-state index is 6.31. The van der Waals surface area contributed by atoms with Gasteiger partial charge in [0.1, 0.15) is 5.75 Å². The summed E-state index contributed by atoms with van der Waals surface area (Å²) in [5.41, 5.74) is 9.19. The van der Waals surface area contributed by atoms with Crippen molar-refractivity contribution in [2.24, 2.45) is 0 Å². The molecule has 4 aliphatic carbocycles. The minimum absolute atomic E-state index is 0.0845. The van der Waals surface area contributed by atoms with Gasteiger partial charge in [0.15, 0.2) is 0 Å². The minimum Gasteiger partial charge on any atom is -0.494 e. The van der Waals surface area contributed by atoms with Crippen LogP contribution in [-0.2, 0) is 17.4 Å². The average molecular weight is 1110 g/mol. The lowest BCUT2D eigenvalue weighted by Crippen LogP contribution is -2.51. The predicted octanol–water partition coefficient (Wildman–Crippen LogP) is 20.9. The quantitative estimate of drug-likeness (QED) is 0.122. The zero-order chi connectivity index (χ0) is 49.1. The molecule has 2 spiro atoms. The van der Waals surface area contributed by atoms with Crippen molar-refractivity contribution in [2.75, 3.05) is 13.2 Å². The predicted molar refractivity (Wildman–Crippen MR) is 348 cm³/mol. The van der Waals surface area contributed by atoms with Gasteiger partial charge in [-0.15, -0.1) is 0 Å². The van der Waals surface area contributed by atoms with E-state index in [0.717, 1.165) is 31.9 Å². The van der Waals surface area contributed by atoms with Crippen molar-refractivity contribution in [3.63, 3.8) is 0 Å². The van der Waals surface area contributed by atoms with Gasteiger partial charge in [-0.3, -0.25) is 4.90 Å². The van der Waals surface area contributed by atoms with Gasteiger partial charge in [-0.25, -0.2) is 0 Å². The first-order valence-electron chi connectivity index (χ1n) is 30.2. The first kappa shape index (κ1) is 33.2. The number of hydrogen-bond donors (Lipinski definition) is 0. The van der Waals surface area contributed by atoms with Crippen LogP contribution < -0.4 is 4.74 Å². The van der Waals surface area contributed by atoms with Crippen molar-refractivity contribution in [1.29, 1.82) is 0 Å². The maximum absolute atomic E-state index is 6.31. The Hall–Kier alpha value is -8.61. The van der Waals surface area contributed by atoms with Crippen LogP contribution in [-0.4, -0.2) is 18.1 Å². The Labute approximate surface area is 460 Å². The van der Waals surface area contributed by atoms with Gasteiger partial charge in [-0.05, 0) is 378 Å². The van der Waals surface area contributed by atoms with Gasteiger partial charge in [0, 0.05) is 16.7 Å². The highest BCUT2D eigenvalue weighted by Gasteiger charge is 2.76. The zero-order valence-electron chi connectivity index (χ0n) is 42.3. The number of nitrogens with zero attached hydrogens (tertiary/aromatic N) is 1. The Morgan fingerprint density at radius 3 is 0.877 bits per heavy atom. The molecule has 1 atom stereocenters. The lowest BCUT2D eigenvalue weighted by molar-refractivity contribution is 0.218. The van der Waals surface area contributed by atoms with E-state index in [-0.39, 0.29) is 11.5 Å². The summed E-state index contributed by atoms with van der Waals surface area (Å²) in [6.07, 6.45) is 1.01. The summed E-state index contributed by atoms with van der Waals surface area (Å²) in [5.74, 6) is 0.986. The molecule has 5 aliphatic rings. The molecule has 0 aromatic heterocycles. The number of rotatable bonds is 6. The monoisotopic (exact) mass is 1110 g/mol. The molecular weight excluding hydrogens is 1090 g/mol. The highest BCUT2D eigenvalue weighted by molar-refractivity contribution is 14.1. The molecule has 3 heteroatoms. The van der Waals surface area contributed by atoms with E-state index in [9.17, 15) is 0 Å².